The fourth-order valence-electron chi connectivity index (χ4n) is 5.22. The highest BCUT2D eigenvalue weighted by Gasteiger charge is 2.59. The van der Waals surface area contributed by atoms with Gasteiger partial charge in [0.25, 0.3) is 11.6 Å². The van der Waals surface area contributed by atoms with Gasteiger partial charge in [-0.25, -0.2) is 9.69 Å². The van der Waals surface area contributed by atoms with E-state index in [2.05, 4.69) is 5.32 Å². The van der Waals surface area contributed by atoms with Crippen LogP contribution in [0.5, 0.6) is 0 Å². The second-order valence-electron chi connectivity index (χ2n) is 8.94. The Bertz CT molecular complexity index is 1290. The lowest BCUT2D eigenvalue weighted by atomic mass is 9.85. The van der Waals surface area contributed by atoms with Crippen LogP contribution in [-0.4, -0.2) is 35.2 Å². The number of nitrogens with one attached hydrogen (secondary N) is 1. The summed E-state index contributed by atoms with van der Waals surface area (Å²) in [5, 5.41) is 13.5. The first-order chi connectivity index (χ1) is 16.7. The summed E-state index contributed by atoms with van der Waals surface area (Å²) in [6.45, 7) is 0.960. The molecule has 10 nitrogen and oxygen atoms in total. The van der Waals surface area contributed by atoms with Gasteiger partial charge in [-0.1, -0.05) is 24.3 Å². The van der Waals surface area contributed by atoms with E-state index in [4.69, 9.17) is 4.74 Å². The molecule has 0 radical (unpaired) electrons. The minimum absolute atomic E-state index is 0.0769. The zero-order valence-corrected chi connectivity index (χ0v) is 18.7. The maximum absolute atomic E-state index is 13.0. The monoisotopic (exact) mass is 475 g/mol. The van der Waals surface area contributed by atoms with Crippen molar-refractivity contribution in [1.29, 1.82) is 0 Å². The van der Waals surface area contributed by atoms with Crippen LogP contribution in [0.1, 0.15) is 22.3 Å². The van der Waals surface area contributed by atoms with E-state index in [1.165, 1.54) is 30.3 Å². The van der Waals surface area contributed by atoms with Crippen molar-refractivity contribution in [3.63, 3.8) is 0 Å². The minimum atomic E-state index is -0.807. The number of allylic oxidation sites excluding steroid dienone is 2. The van der Waals surface area contributed by atoms with Gasteiger partial charge in [-0.2, -0.15) is 0 Å². The lowest BCUT2D eigenvalue weighted by Gasteiger charge is -2.18. The Morgan fingerprint density at radius 3 is 2.43 bits per heavy atom. The van der Waals surface area contributed by atoms with E-state index in [1.807, 2.05) is 12.2 Å². The van der Waals surface area contributed by atoms with Crippen LogP contribution in [0.3, 0.4) is 0 Å². The lowest BCUT2D eigenvalue weighted by Crippen LogP contribution is -2.33. The third kappa shape index (κ3) is 3.86. The van der Waals surface area contributed by atoms with Crippen LogP contribution < -0.4 is 10.2 Å². The number of nitrogens with zero attached hydrogens (tertiary/aromatic N) is 2. The molecule has 1 saturated heterocycles. The lowest BCUT2D eigenvalue weighted by molar-refractivity contribution is -0.385. The second-order valence-corrected chi connectivity index (χ2v) is 8.94. The number of anilines is 2. The molecular formula is C25H21N3O7. The summed E-state index contributed by atoms with van der Waals surface area (Å²) in [6.07, 6.45) is 4.84. The molecule has 1 aliphatic heterocycles. The molecule has 5 rings (SSSR count). The van der Waals surface area contributed by atoms with Crippen molar-refractivity contribution in [3.05, 3.63) is 75.9 Å². The van der Waals surface area contributed by atoms with Crippen molar-refractivity contribution in [2.24, 2.45) is 23.7 Å². The van der Waals surface area contributed by atoms with Gasteiger partial charge in [-0.3, -0.25) is 24.5 Å². The van der Waals surface area contributed by atoms with Crippen LogP contribution in [0.25, 0.3) is 0 Å². The first kappa shape index (κ1) is 22.5. The number of amides is 3. The SMILES string of the molecule is Cc1ccc(NC(=O)COC(=O)c2cccc(N3C(=O)[C@H]4[C@H](C3=O)[C@H]3C=C[C@H]4C3)c2)cc1[N+](=O)[O-]. The highest BCUT2D eigenvalue weighted by atomic mass is 16.6. The van der Waals surface area contributed by atoms with Crippen LogP contribution >= 0.6 is 0 Å². The number of carbonyl (C=O) groups excluding carboxylic acids is 4. The van der Waals surface area contributed by atoms with E-state index in [0.717, 1.165) is 11.3 Å². The van der Waals surface area contributed by atoms with Gasteiger partial charge in [0.1, 0.15) is 0 Å². The van der Waals surface area contributed by atoms with E-state index in [9.17, 15) is 29.3 Å². The molecule has 2 fully saturated rings. The maximum atomic E-state index is 13.0. The summed E-state index contributed by atoms with van der Waals surface area (Å²) >= 11 is 0. The Morgan fingerprint density at radius 1 is 1.09 bits per heavy atom. The number of ether oxygens (including phenoxy) is 1. The molecule has 2 aromatic rings. The van der Waals surface area contributed by atoms with Crippen molar-refractivity contribution in [1.82, 2.24) is 0 Å². The smallest absolute Gasteiger partial charge is 0.338 e. The van der Waals surface area contributed by atoms with E-state index in [-0.39, 0.29) is 52.4 Å². The minimum Gasteiger partial charge on any atom is -0.452 e. The molecule has 2 aromatic carbocycles. The third-order valence-corrected chi connectivity index (χ3v) is 6.83. The number of nitro benzene ring substituents is 1. The average Bonchev–Trinajstić information content (AvgIpc) is 3.52. The predicted octanol–water partition coefficient (Wildman–Crippen LogP) is 3.01. The summed E-state index contributed by atoms with van der Waals surface area (Å²) in [7, 11) is 0. The largest absolute Gasteiger partial charge is 0.452 e. The molecular weight excluding hydrogens is 454 g/mol. The number of esters is 1. The Kier molecular flexibility index (Phi) is 5.43. The summed E-state index contributed by atoms with van der Waals surface area (Å²) in [5.74, 6) is -2.54. The topological polar surface area (TPSA) is 136 Å². The van der Waals surface area contributed by atoms with Crippen molar-refractivity contribution in [2.45, 2.75) is 13.3 Å². The molecule has 4 atom stereocenters. The van der Waals surface area contributed by atoms with Crippen LogP contribution in [-0.2, 0) is 19.1 Å². The number of nitro groups is 1. The molecule has 10 heteroatoms. The first-order valence-electron chi connectivity index (χ1n) is 11.1. The molecule has 35 heavy (non-hydrogen) atoms. The zero-order chi connectivity index (χ0) is 24.9. The Labute approximate surface area is 199 Å². The van der Waals surface area contributed by atoms with Crippen LogP contribution in [0.4, 0.5) is 17.1 Å². The molecule has 3 amide bonds. The number of hydrogen-bond donors (Lipinski definition) is 1. The van der Waals surface area contributed by atoms with E-state index in [0.29, 0.717) is 11.3 Å². The van der Waals surface area contributed by atoms with Gasteiger partial charge in [0.2, 0.25) is 11.8 Å². The molecule has 3 aliphatic rings. The van der Waals surface area contributed by atoms with Gasteiger partial charge in [0, 0.05) is 17.3 Å². The van der Waals surface area contributed by atoms with Crippen LogP contribution in [0, 0.1) is 40.7 Å². The summed E-state index contributed by atoms with van der Waals surface area (Å²) in [6, 6.07) is 10.2. The Balaban J connectivity index is 1.23. The molecule has 1 N–H and O–H groups in total. The summed E-state index contributed by atoms with van der Waals surface area (Å²) in [4.78, 5) is 62.4. The van der Waals surface area contributed by atoms with Crippen molar-refractivity contribution in [2.75, 3.05) is 16.8 Å². The number of aryl methyl sites for hydroxylation is 1. The van der Waals surface area contributed by atoms with Gasteiger partial charge < -0.3 is 10.1 Å². The molecule has 2 aliphatic carbocycles. The molecule has 0 aromatic heterocycles. The van der Waals surface area contributed by atoms with Gasteiger partial charge in [-0.05, 0) is 49.4 Å². The fourth-order valence-corrected chi connectivity index (χ4v) is 5.22. The van der Waals surface area contributed by atoms with Gasteiger partial charge in [0.05, 0.1) is 28.0 Å². The maximum Gasteiger partial charge on any atom is 0.338 e. The van der Waals surface area contributed by atoms with Crippen LogP contribution in [0.15, 0.2) is 54.6 Å². The van der Waals surface area contributed by atoms with E-state index in [1.54, 1.807) is 19.1 Å². The van der Waals surface area contributed by atoms with Gasteiger partial charge in [0.15, 0.2) is 6.61 Å². The predicted molar refractivity (Wildman–Crippen MR) is 123 cm³/mol. The molecule has 2 bridgehead atoms. The Hall–Kier alpha value is -4.34. The number of imide groups is 1. The zero-order valence-electron chi connectivity index (χ0n) is 18.7. The number of fused-ring (bicyclic) bond motifs is 5. The number of carbonyl (C=O) groups is 4. The number of rotatable bonds is 6. The first-order valence-corrected chi connectivity index (χ1v) is 11.1. The second kappa shape index (κ2) is 8.46. The third-order valence-electron chi connectivity index (χ3n) is 6.83. The van der Waals surface area contributed by atoms with Gasteiger partial charge >= 0.3 is 5.97 Å². The van der Waals surface area contributed by atoms with Crippen LogP contribution in [0.2, 0.25) is 0 Å². The summed E-state index contributed by atoms with van der Waals surface area (Å²) < 4.78 is 5.07. The highest BCUT2D eigenvalue weighted by molar-refractivity contribution is 6.23. The Morgan fingerprint density at radius 2 is 1.77 bits per heavy atom. The summed E-state index contributed by atoms with van der Waals surface area (Å²) in [5.41, 5.74) is 0.877. The molecule has 178 valence electrons. The normalized spacial score (nSPS) is 24.0. The molecule has 0 unspecified atom stereocenters. The standard InChI is InChI=1S/C25H21N3O7/c1-13-5-8-17(11-19(13)28(33)34)26-20(29)12-35-25(32)16-3-2-4-18(10-16)27-23(30)21-14-6-7-15(9-14)22(21)24(27)31/h2-8,10-11,14-15,21-22H,9,12H2,1H3,(H,26,29)/t14-,15-,21+,22+/m0/s1. The van der Waals surface area contributed by atoms with Crippen molar-refractivity contribution in [3.8, 4) is 0 Å². The van der Waals surface area contributed by atoms with Gasteiger partial charge in [-0.15, -0.1) is 0 Å². The highest BCUT2D eigenvalue weighted by Crippen LogP contribution is 2.53. The molecule has 0 spiro atoms. The van der Waals surface area contributed by atoms with E-state index >= 15 is 0 Å². The van der Waals surface area contributed by atoms with Crippen molar-refractivity contribution >= 4 is 40.8 Å². The number of hydrogen-bond acceptors (Lipinski definition) is 7. The van der Waals surface area contributed by atoms with E-state index < -0.39 is 23.4 Å². The van der Waals surface area contributed by atoms with Crippen molar-refractivity contribution < 1.29 is 28.8 Å². The quantitative estimate of drug-likeness (QED) is 0.223. The average molecular weight is 475 g/mol. The fraction of sp³-hybridized carbons (Fsp3) is 0.280. The molecule has 1 heterocycles. The molecule has 1 saturated carbocycles. The number of benzene rings is 2.